The molecule has 0 aromatic heterocycles. The van der Waals surface area contributed by atoms with E-state index in [9.17, 15) is 24.0 Å². The fraction of sp³-hybridized carbons (Fsp3) is 0.743. The third-order valence-electron chi connectivity index (χ3n) is 7.93. The standard InChI is InChI=1S/C24H43N5O5.C11H21NO2/c1-7-34-24(33)27-13-12-19(21(30)26-6)28-22(31)20-9-8-14-29(20)23(32)17(4)10-11-18(25-5)15-16(2)3;1-8(2)7-10(12-4)6-5-9(3)11(13)14/h10-11,16-20,25H,7-9,12-15H2,1-6H3,(H,26,30)(H,27,33)(H,28,31);5-6,8-10,12H,7H2,1-4H3,(H,13,14)/b11-10+;6-5+/t17-,18+,19?,20?;9-,10+/m00/s1. The largest absolute Gasteiger partial charge is 0.481 e. The van der Waals surface area contributed by atoms with Crippen molar-refractivity contribution in [3.05, 3.63) is 24.3 Å². The number of carboxylic acids is 1. The highest BCUT2D eigenvalue weighted by Gasteiger charge is 2.36. The van der Waals surface area contributed by atoms with Crippen molar-refractivity contribution in [3.8, 4) is 0 Å². The third-order valence-corrected chi connectivity index (χ3v) is 7.93. The van der Waals surface area contributed by atoms with Crippen LogP contribution in [-0.2, 0) is 23.9 Å². The second-order valence-corrected chi connectivity index (χ2v) is 13.0. The molecule has 0 radical (unpaired) electrons. The van der Waals surface area contributed by atoms with Crippen molar-refractivity contribution >= 4 is 29.8 Å². The Labute approximate surface area is 288 Å². The summed E-state index contributed by atoms with van der Waals surface area (Å²) in [6.45, 7) is 14.7. The summed E-state index contributed by atoms with van der Waals surface area (Å²) in [7, 11) is 5.27. The fourth-order valence-electron chi connectivity index (χ4n) is 5.14. The van der Waals surface area contributed by atoms with Gasteiger partial charge in [0, 0.05) is 32.2 Å². The maximum atomic E-state index is 13.1. The van der Waals surface area contributed by atoms with E-state index in [4.69, 9.17) is 9.84 Å². The van der Waals surface area contributed by atoms with Crippen molar-refractivity contribution in [1.82, 2.24) is 31.5 Å². The van der Waals surface area contributed by atoms with Crippen molar-refractivity contribution < 1.29 is 33.8 Å². The highest BCUT2D eigenvalue weighted by molar-refractivity contribution is 5.93. The lowest BCUT2D eigenvalue weighted by molar-refractivity contribution is -0.141. The summed E-state index contributed by atoms with van der Waals surface area (Å²) in [6.07, 6.45) is 10.5. The number of nitrogens with zero attached hydrogens (tertiary/aromatic N) is 1. The predicted molar refractivity (Wildman–Crippen MR) is 189 cm³/mol. The molecule has 6 N–H and O–H groups in total. The third kappa shape index (κ3) is 18.2. The summed E-state index contributed by atoms with van der Waals surface area (Å²) in [5.74, 6) is -1.24. The van der Waals surface area contributed by atoms with Gasteiger partial charge in [-0.2, -0.15) is 0 Å². The normalized spacial score (nSPS) is 17.8. The van der Waals surface area contributed by atoms with E-state index >= 15 is 0 Å². The van der Waals surface area contributed by atoms with Crippen LogP contribution in [0, 0.1) is 23.7 Å². The van der Waals surface area contributed by atoms with Crippen molar-refractivity contribution in [2.24, 2.45) is 23.7 Å². The second kappa shape index (κ2) is 24.7. The zero-order chi connectivity index (χ0) is 36.8. The van der Waals surface area contributed by atoms with Crippen LogP contribution in [0.1, 0.15) is 80.6 Å². The molecule has 0 aliphatic carbocycles. The summed E-state index contributed by atoms with van der Waals surface area (Å²) >= 11 is 0. The van der Waals surface area contributed by atoms with Gasteiger partial charge in [0.05, 0.1) is 18.4 Å². The maximum absolute atomic E-state index is 13.1. The number of rotatable bonds is 19. The Hall–Kier alpha value is -3.45. The van der Waals surface area contributed by atoms with Gasteiger partial charge in [0.2, 0.25) is 17.7 Å². The quantitative estimate of drug-likeness (QED) is 0.112. The van der Waals surface area contributed by atoms with Crippen LogP contribution in [0.15, 0.2) is 24.3 Å². The van der Waals surface area contributed by atoms with Gasteiger partial charge in [0.25, 0.3) is 0 Å². The summed E-state index contributed by atoms with van der Waals surface area (Å²) in [6, 6.07) is -0.993. The molecule has 2 unspecified atom stereocenters. The molecule has 1 aliphatic heterocycles. The summed E-state index contributed by atoms with van der Waals surface area (Å²) in [5, 5.41) is 22.9. The SMILES string of the molecule is CCOC(=O)NCCC(NC(=O)C1CCCN1C(=O)[C@@H](C)/C=C/[C@H](CC(C)C)NC)C(=O)NC.CN[C@H](/C=C/[C@H](C)C(=O)O)CC(C)C. The zero-order valence-electron chi connectivity index (χ0n) is 30.9. The van der Waals surface area contributed by atoms with E-state index in [0.717, 1.165) is 19.3 Å². The molecule has 0 spiro atoms. The van der Waals surface area contributed by atoms with Crippen molar-refractivity contribution in [2.45, 2.75) is 105 Å². The molecule has 1 aliphatic rings. The summed E-state index contributed by atoms with van der Waals surface area (Å²) in [5.41, 5.74) is 0. The van der Waals surface area contributed by atoms with Crippen molar-refractivity contribution in [1.29, 1.82) is 0 Å². The second-order valence-electron chi connectivity index (χ2n) is 13.0. The molecule has 4 amide bonds. The molecule has 276 valence electrons. The molecule has 0 saturated carbocycles. The number of aliphatic carboxylic acids is 1. The number of nitrogens with one attached hydrogen (secondary N) is 5. The van der Waals surface area contributed by atoms with Crippen LogP contribution < -0.4 is 26.6 Å². The highest BCUT2D eigenvalue weighted by atomic mass is 16.5. The first-order valence-electron chi connectivity index (χ1n) is 17.3. The first-order valence-corrected chi connectivity index (χ1v) is 17.3. The van der Waals surface area contributed by atoms with E-state index in [2.05, 4.69) is 54.3 Å². The van der Waals surface area contributed by atoms with Gasteiger partial charge in [0.1, 0.15) is 12.1 Å². The number of alkyl carbamates (subject to hydrolysis) is 1. The minimum absolute atomic E-state index is 0.103. The number of ether oxygens (including phenoxy) is 1. The Morgan fingerprint density at radius 2 is 1.40 bits per heavy atom. The summed E-state index contributed by atoms with van der Waals surface area (Å²) in [4.78, 5) is 62.0. The molecule has 1 saturated heterocycles. The van der Waals surface area contributed by atoms with Crippen LogP contribution >= 0.6 is 0 Å². The van der Waals surface area contributed by atoms with Crippen LogP contribution in [0.25, 0.3) is 0 Å². The molecular weight excluding hydrogens is 616 g/mol. The lowest BCUT2D eigenvalue weighted by Crippen LogP contribution is -2.54. The van der Waals surface area contributed by atoms with Gasteiger partial charge in [-0.3, -0.25) is 19.2 Å². The average Bonchev–Trinajstić information content (AvgIpc) is 3.53. The lowest BCUT2D eigenvalue weighted by Gasteiger charge is -2.28. The Kier molecular flexibility index (Phi) is 22.9. The van der Waals surface area contributed by atoms with Crippen LogP contribution in [0.3, 0.4) is 0 Å². The number of carbonyl (C=O) groups is 5. The number of carbonyl (C=O) groups excluding carboxylic acids is 4. The van der Waals surface area contributed by atoms with Crippen molar-refractivity contribution in [2.75, 3.05) is 40.8 Å². The first kappa shape index (κ1) is 44.5. The van der Waals surface area contributed by atoms with Crippen LogP contribution in [0.5, 0.6) is 0 Å². The number of likely N-dealkylation sites (N-methyl/N-ethyl adjacent to an activating group) is 3. The molecule has 13 nitrogen and oxygen atoms in total. The molecular formula is C35H64N6O7. The van der Waals surface area contributed by atoms with Crippen LogP contribution in [0.4, 0.5) is 4.79 Å². The molecule has 13 heteroatoms. The van der Waals surface area contributed by atoms with E-state index in [1.807, 2.05) is 39.2 Å². The number of likely N-dealkylation sites (tertiary alicyclic amines) is 1. The lowest BCUT2D eigenvalue weighted by atomic mass is 10.0. The molecule has 0 aromatic carbocycles. The van der Waals surface area contributed by atoms with Crippen LogP contribution in [0.2, 0.25) is 0 Å². The number of amides is 4. The van der Waals surface area contributed by atoms with Gasteiger partial charge in [0.15, 0.2) is 0 Å². The van der Waals surface area contributed by atoms with Gasteiger partial charge < -0.3 is 41.3 Å². The molecule has 1 heterocycles. The van der Waals surface area contributed by atoms with Gasteiger partial charge in [-0.25, -0.2) is 4.79 Å². The van der Waals surface area contributed by atoms with E-state index < -0.39 is 30.1 Å². The smallest absolute Gasteiger partial charge is 0.407 e. The Morgan fingerprint density at radius 3 is 1.85 bits per heavy atom. The van der Waals surface area contributed by atoms with Crippen LogP contribution in [-0.4, -0.2) is 105 Å². The molecule has 0 bridgehead atoms. The number of carboxylic acid groups (broad SMARTS) is 1. The van der Waals surface area contributed by atoms with E-state index in [-0.39, 0.29) is 55.3 Å². The summed E-state index contributed by atoms with van der Waals surface area (Å²) < 4.78 is 4.80. The molecule has 6 atom stereocenters. The molecule has 1 fully saturated rings. The molecule has 0 aromatic rings. The molecule has 1 rings (SSSR count). The first-order chi connectivity index (χ1) is 22.6. The fourth-order valence-corrected chi connectivity index (χ4v) is 5.14. The Morgan fingerprint density at radius 1 is 0.854 bits per heavy atom. The Bertz CT molecular complexity index is 1050. The zero-order valence-corrected chi connectivity index (χ0v) is 30.9. The highest BCUT2D eigenvalue weighted by Crippen LogP contribution is 2.21. The van der Waals surface area contributed by atoms with E-state index in [1.165, 1.54) is 7.05 Å². The average molecular weight is 681 g/mol. The van der Waals surface area contributed by atoms with Crippen molar-refractivity contribution in [3.63, 3.8) is 0 Å². The topological polar surface area (TPSA) is 178 Å². The van der Waals surface area contributed by atoms with Gasteiger partial charge in [-0.15, -0.1) is 0 Å². The van der Waals surface area contributed by atoms with E-state index in [0.29, 0.717) is 24.8 Å². The minimum atomic E-state index is -0.832. The van der Waals surface area contributed by atoms with E-state index in [1.54, 1.807) is 24.8 Å². The van der Waals surface area contributed by atoms with Gasteiger partial charge in [-0.1, -0.05) is 58.9 Å². The number of hydrogen-bond donors (Lipinski definition) is 6. The van der Waals surface area contributed by atoms with Gasteiger partial charge in [-0.05, 0) is 71.9 Å². The number of hydrogen-bond acceptors (Lipinski definition) is 8. The molecule has 48 heavy (non-hydrogen) atoms. The predicted octanol–water partition coefficient (Wildman–Crippen LogP) is 3.07. The Balaban J connectivity index is 0.00000132. The minimum Gasteiger partial charge on any atom is -0.481 e. The monoisotopic (exact) mass is 680 g/mol. The maximum Gasteiger partial charge on any atom is 0.407 e. The van der Waals surface area contributed by atoms with Gasteiger partial charge >= 0.3 is 12.1 Å².